The minimum atomic E-state index is 0.557. The Balaban J connectivity index is 2.82. The van der Waals surface area contributed by atoms with Crippen LogP contribution in [-0.4, -0.2) is 13.2 Å². The first-order valence-corrected chi connectivity index (χ1v) is 23.0. The third kappa shape index (κ3) is 25.8. The van der Waals surface area contributed by atoms with Gasteiger partial charge in [0.1, 0.15) is 11.5 Å². The second-order valence-electron chi connectivity index (χ2n) is 16.1. The average molecular weight is 719 g/mol. The van der Waals surface area contributed by atoms with Crippen LogP contribution in [0, 0.1) is 36.5 Å². The highest BCUT2D eigenvalue weighted by Crippen LogP contribution is 2.31. The largest absolute Gasteiger partial charge is 0.492 e. The average Bonchev–Trinajstić information content (AvgIpc) is 3.16. The molecule has 0 saturated carbocycles. The number of benzene rings is 1. The van der Waals surface area contributed by atoms with Crippen LogP contribution in [0.15, 0.2) is 12.1 Å². The lowest BCUT2D eigenvalue weighted by molar-refractivity contribution is 0.218. The molecular weight excluding hydrogens is 633 g/mol. The molecule has 0 saturated heterocycles. The molecular formula is C50H86O2. The molecule has 0 aliphatic heterocycles. The van der Waals surface area contributed by atoms with Gasteiger partial charge in [-0.05, 0) is 37.5 Å². The molecule has 1 rings (SSSR count). The topological polar surface area (TPSA) is 18.5 Å². The van der Waals surface area contributed by atoms with Crippen molar-refractivity contribution in [2.75, 3.05) is 13.2 Å². The van der Waals surface area contributed by atoms with Crippen molar-refractivity contribution in [3.8, 4) is 36.2 Å². The quantitative estimate of drug-likeness (QED) is 0.0501. The summed E-state index contributed by atoms with van der Waals surface area (Å²) in [6, 6.07) is 3.95. The molecule has 0 heterocycles. The van der Waals surface area contributed by atoms with Crippen molar-refractivity contribution >= 4 is 0 Å². The van der Waals surface area contributed by atoms with Crippen molar-refractivity contribution in [3.63, 3.8) is 0 Å². The summed E-state index contributed by atoms with van der Waals surface area (Å²) < 4.78 is 13.1. The summed E-state index contributed by atoms with van der Waals surface area (Å²) in [4.78, 5) is 0. The molecule has 52 heavy (non-hydrogen) atoms. The second-order valence-corrected chi connectivity index (χ2v) is 16.1. The number of ether oxygens (including phenoxy) is 2. The third-order valence-corrected chi connectivity index (χ3v) is 11.2. The van der Waals surface area contributed by atoms with Crippen molar-refractivity contribution in [3.05, 3.63) is 23.3 Å². The first kappa shape index (κ1) is 48.0. The minimum absolute atomic E-state index is 0.557. The van der Waals surface area contributed by atoms with Crippen LogP contribution in [0.1, 0.15) is 244 Å². The molecule has 0 amide bonds. The van der Waals surface area contributed by atoms with E-state index >= 15 is 0 Å². The van der Waals surface area contributed by atoms with E-state index in [4.69, 9.17) is 22.3 Å². The van der Waals surface area contributed by atoms with Gasteiger partial charge in [-0.1, -0.05) is 219 Å². The molecule has 1 aromatic rings. The minimum Gasteiger partial charge on any atom is -0.492 e. The zero-order chi connectivity index (χ0) is 37.7. The van der Waals surface area contributed by atoms with E-state index in [2.05, 4.69) is 39.5 Å². The van der Waals surface area contributed by atoms with Gasteiger partial charge in [-0.25, -0.2) is 0 Å². The summed E-state index contributed by atoms with van der Waals surface area (Å²) in [7, 11) is 0. The van der Waals surface area contributed by atoms with E-state index in [0.29, 0.717) is 25.0 Å². The summed E-state index contributed by atoms with van der Waals surface area (Å²) in [5.41, 5.74) is 1.52. The van der Waals surface area contributed by atoms with E-state index in [-0.39, 0.29) is 0 Å². The first-order chi connectivity index (χ1) is 25.6. The van der Waals surface area contributed by atoms with Gasteiger partial charge in [0.2, 0.25) is 0 Å². The maximum atomic E-state index is 6.54. The third-order valence-electron chi connectivity index (χ3n) is 11.2. The van der Waals surface area contributed by atoms with Crippen molar-refractivity contribution < 1.29 is 9.47 Å². The van der Waals surface area contributed by atoms with Crippen molar-refractivity contribution in [2.45, 2.75) is 233 Å². The van der Waals surface area contributed by atoms with Gasteiger partial charge in [0.05, 0.1) is 24.3 Å². The van der Waals surface area contributed by atoms with Gasteiger partial charge in [-0.3, -0.25) is 0 Å². The molecule has 298 valence electrons. The Labute approximate surface area is 326 Å². The molecule has 0 spiro atoms. The summed E-state index contributed by atoms with van der Waals surface area (Å²) in [6.45, 7) is 10.6. The van der Waals surface area contributed by atoms with Gasteiger partial charge in [0.15, 0.2) is 0 Å². The van der Waals surface area contributed by atoms with Gasteiger partial charge >= 0.3 is 0 Å². The Morgan fingerprint density at radius 3 is 0.846 bits per heavy atom. The van der Waals surface area contributed by atoms with Gasteiger partial charge in [0, 0.05) is 12.1 Å². The van der Waals surface area contributed by atoms with E-state index in [1.165, 1.54) is 205 Å². The maximum Gasteiger partial charge on any atom is 0.136 e. The van der Waals surface area contributed by atoms with Crippen LogP contribution >= 0.6 is 0 Å². The van der Waals surface area contributed by atoms with Crippen LogP contribution in [0.2, 0.25) is 0 Å². The van der Waals surface area contributed by atoms with Crippen LogP contribution < -0.4 is 9.47 Å². The lowest BCUT2D eigenvalue weighted by Crippen LogP contribution is -2.15. The molecule has 0 N–H and O–H groups in total. The predicted molar refractivity (Wildman–Crippen MR) is 231 cm³/mol. The standard InChI is InChI=1S/C50H86O2/c1-7-13-17-21-25-27-31-35-39-45(37-33-29-23-19-15-9-3)43-51-49-41-48(12-6)50(42-47(49)11-5)52-44-46(38-34-30-24-20-16-10-4)40-36-32-28-26-22-18-14-8-2/h5-6,41-42,45-46H,7-10,13-40,43-44H2,1-4H3. The fourth-order valence-corrected chi connectivity index (χ4v) is 7.62. The first-order valence-electron chi connectivity index (χ1n) is 23.0. The Bertz CT molecular complexity index is 931. The van der Waals surface area contributed by atoms with Crippen LogP contribution in [0.5, 0.6) is 11.5 Å². The summed E-state index contributed by atoms with van der Waals surface area (Å²) in [5.74, 6) is 8.41. The molecule has 0 fully saturated rings. The van der Waals surface area contributed by atoms with E-state index < -0.39 is 0 Å². The Morgan fingerprint density at radius 1 is 0.385 bits per heavy atom. The molecule has 2 atom stereocenters. The molecule has 0 bridgehead atoms. The molecule has 2 unspecified atom stereocenters. The molecule has 1 aromatic carbocycles. The van der Waals surface area contributed by atoms with Crippen LogP contribution in [0.25, 0.3) is 0 Å². The van der Waals surface area contributed by atoms with Crippen LogP contribution in [0.4, 0.5) is 0 Å². The Morgan fingerprint density at radius 2 is 0.615 bits per heavy atom. The molecule has 0 aromatic heterocycles. The molecule has 2 heteroatoms. The van der Waals surface area contributed by atoms with Crippen LogP contribution in [0.3, 0.4) is 0 Å². The lowest BCUT2D eigenvalue weighted by atomic mass is 9.94. The summed E-state index contributed by atoms with van der Waals surface area (Å²) >= 11 is 0. The van der Waals surface area contributed by atoms with Crippen molar-refractivity contribution in [1.82, 2.24) is 0 Å². The van der Waals surface area contributed by atoms with Gasteiger partial charge < -0.3 is 9.47 Å². The van der Waals surface area contributed by atoms with Gasteiger partial charge in [-0.15, -0.1) is 12.8 Å². The summed E-state index contributed by atoms with van der Waals surface area (Å²) in [5, 5.41) is 0. The lowest BCUT2D eigenvalue weighted by Gasteiger charge is -2.21. The highest BCUT2D eigenvalue weighted by Gasteiger charge is 2.16. The number of terminal acetylenes is 2. The van der Waals surface area contributed by atoms with E-state index in [1.807, 2.05) is 12.1 Å². The van der Waals surface area contributed by atoms with Crippen molar-refractivity contribution in [2.24, 2.45) is 11.8 Å². The normalized spacial score (nSPS) is 12.3. The van der Waals surface area contributed by atoms with Crippen LogP contribution in [-0.2, 0) is 0 Å². The fourth-order valence-electron chi connectivity index (χ4n) is 7.62. The molecule has 0 aliphatic rings. The fraction of sp³-hybridized carbons (Fsp3) is 0.800. The zero-order valence-corrected chi connectivity index (χ0v) is 35.3. The number of rotatable bonds is 38. The number of unbranched alkanes of at least 4 members (excludes halogenated alkanes) is 24. The highest BCUT2D eigenvalue weighted by atomic mass is 16.5. The molecule has 2 nitrogen and oxygen atoms in total. The molecule has 0 radical (unpaired) electrons. The van der Waals surface area contributed by atoms with E-state index in [9.17, 15) is 0 Å². The molecule has 0 aliphatic carbocycles. The SMILES string of the molecule is C#Cc1cc(OCC(CCCCCCCC)CCCCCCCCCC)c(C#C)cc1OCC(CCCCCCCC)CCCCCCCCCC. The smallest absolute Gasteiger partial charge is 0.136 e. The summed E-state index contributed by atoms with van der Waals surface area (Å²) in [6.07, 6.45) is 54.8. The predicted octanol–water partition coefficient (Wildman–Crippen LogP) is 16.2. The van der Waals surface area contributed by atoms with Crippen molar-refractivity contribution in [1.29, 1.82) is 0 Å². The van der Waals surface area contributed by atoms with Gasteiger partial charge in [0.25, 0.3) is 0 Å². The number of hydrogen-bond acceptors (Lipinski definition) is 2. The second kappa shape index (κ2) is 35.9. The van der Waals surface area contributed by atoms with Gasteiger partial charge in [-0.2, -0.15) is 0 Å². The zero-order valence-electron chi connectivity index (χ0n) is 35.3. The highest BCUT2D eigenvalue weighted by molar-refractivity contribution is 5.57. The number of hydrogen-bond donors (Lipinski definition) is 0. The maximum absolute atomic E-state index is 6.54. The van der Waals surface area contributed by atoms with E-state index in [0.717, 1.165) is 22.6 Å². The van der Waals surface area contributed by atoms with E-state index in [1.54, 1.807) is 0 Å². The Kier molecular flexibility index (Phi) is 33.2. The monoisotopic (exact) mass is 719 g/mol. The Hall–Kier alpha value is -2.06.